The Morgan fingerprint density at radius 2 is 1.95 bits per heavy atom. The van der Waals surface area contributed by atoms with Crippen LogP contribution in [-0.4, -0.2) is 48.7 Å². The van der Waals surface area contributed by atoms with Crippen LogP contribution < -0.4 is 15.4 Å². The lowest BCUT2D eigenvalue weighted by Gasteiger charge is -2.38. The molecule has 1 aromatic heterocycles. The van der Waals surface area contributed by atoms with Crippen molar-refractivity contribution in [1.29, 1.82) is 0 Å². The van der Waals surface area contributed by atoms with Gasteiger partial charge in [-0.15, -0.1) is 0 Å². The maximum absolute atomic E-state index is 15.0. The molecule has 3 aromatic rings. The first-order valence-electron chi connectivity index (χ1n) is 14.0. The van der Waals surface area contributed by atoms with Gasteiger partial charge in [0.1, 0.15) is 11.9 Å². The van der Waals surface area contributed by atoms with E-state index in [1.54, 1.807) is 35.4 Å². The second kappa shape index (κ2) is 12.9. The minimum atomic E-state index is -0.861. The molecule has 3 amide bonds. The molecule has 1 unspecified atom stereocenters. The average Bonchev–Trinajstić information content (AvgIpc) is 3.00. The van der Waals surface area contributed by atoms with E-state index in [1.807, 2.05) is 19.1 Å². The second-order valence-corrected chi connectivity index (χ2v) is 10.9. The summed E-state index contributed by atoms with van der Waals surface area (Å²) < 4.78 is 30.8. The number of nitrogens with zero attached hydrogens (tertiary/aromatic N) is 2. The van der Waals surface area contributed by atoms with Crippen molar-refractivity contribution in [3.63, 3.8) is 0 Å². The standard InChI is InChI=1S/C31H32ClFN4O6/c1-17-5-4-6-24(37-14-12-26(43-31(37)40)27-25(41-2)10-9-21(32)28(27)33)18-11-13-34-22(15-18)20-8-7-19(35-30(39)42-3)16-23(20)36-29(17)38/h7-11,13,15-17,24,26H,4-6,12,14H2,1-3H3,(H,35,39)(H,36,38)/t17-,24+,26?/m1/s1. The van der Waals surface area contributed by atoms with Gasteiger partial charge >= 0.3 is 12.2 Å². The highest BCUT2D eigenvalue weighted by Crippen LogP contribution is 2.41. The molecule has 3 atom stereocenters. The first kappa shape index (κ1) is 30.1. The predicted molar refractivity (Wildman–Crippen MR) is 159 cm³/mol. The fourth-order valence-corrected chi connectivity index (χ4v) is 5.70. The molecule has 0 spiro atoms. The molecule has 2 aliphatic rings. The maximum atomic E-state index is 15.0. The predicted octanol–water partition coefficient (Wildman–Crippen LogP) is 7.11. The fourth-order valence-electron chi connectivity index (χ4n) is 5.53. The van der Waals surface area contributed by atoms with Crippen LogP contribution in [0.5, 0.6) is 5.75 Å². The maximum Gasteiger partial charge on any atom is 0.411 e. The van der Waals surface area contributed by atoms with E-state index < -0.39 is 24.1 Å². The van der Waals surface area contributed by atoms with Crippen molar-refractivity contribution in [1.82, 2.24) is 9.88 Å². The van der Waals surface area contributed by atoms with Crippen molar-refractivity contribution < 1.29 is 33.0 Å². The highest BCUT2D eigenvalue weighted by atomic mass is 35.5. The van der Waals surface area contributed by atoms with Crippen LogP contribution >= 0.6 is 11.6 Å². The number of benzene rings is 2. The molecule has 5 rings (SSSR count). The number of ether oxygens (including phenoxy) is 3. The fraction of sp³-hybridized carbons (Fsp3) is 0.355. The lowest BCUT2D eigenvalue weighted by atomic mass is 9.93. The van der Waals surface area contributed by atoms with Crippen LogP contribution in [0.15, 0.2) is 48.7 Å². The second-order valence-electron chi connectivity index (χ2n) is 10.5. The summed E-state index contributed by atoms with van der Waals surface area (Å²) >= 11 is 6.03. The number of halogens is 2. The summed E-state index contributed by atoms with van der Waals surface area (Å²) in [6.45, 7) is 2.15. The van der Waals surface area contributed by atoms with Gasteiger partial charge in [-0.25, -0.2) is 14.0 Å². The van der Waals surface area contributed by atoms with E-state index in [2.05, 4.69) is 15.6 Å². The molecule has 1 saturated heterocycles. The van der Waals surface area contributed by atoms with Gasteiger partial charge < -0.3 is 24.4 Å². The van der Waals surface area contributed by atoms with E-state index in [9.17, 15) is 14.4 Å². The van der Waals surface area contributed by atoms with Crippen LogP contribution in [-0.2, 0) is 14.3 Å². The Morgan fingerprint density at radius 1 is 1.14 bits per heavy atom. The van der Waals surface area contributed by atoms with Crippen LogP contribution in [0.1, 0.15) is 55.9 Å². The third kappa shape index (κ3) is 6.36. The van der Waals surface area contributed by atoms with Gasteiger partial charge in [0, 0.05) is 36.3 Å². The summed E-state index contributed by atoms with van der Waals surface area (Å²) in [5.74, 6) is -0.920. The normalized spacial score (nSPS) is 20.5. The minimum absolute atomic E-state index is 0.0791. The van der Waals surface area contributed by atoms with E-state index in [0.717, 1.165) is 5.56 Å². The van der Waals surface area contributed by atoms with Gasteiger partial charge in [0.25, 0.3) is 0 Å². The Balaban J connectivity index is 1.48. The zero-order valence-corrected chi connectivity index (χ0v) is 24.7. The van der Waals surface area contributed by atoms with E-state index >= 15 is 4.39 Å². The number of aromatic nitrogens is 1. The number of hydrogen-bond acceptors (Lipinski definition) is 7. The van der Waals surface area contributed by atoms with E-state index in [1.165, 1.54) is 20.3 Å². The van der Waals surface area contributed by atoms with Crippen LogP contribution in [0, 0.1) is 11.7 Å². The molecule has 226 valence electrons. The molecule has 0 aliphatic carbocycles. The molecule has 1 fully saturated rings. The highest BCUT2D eigenvalue weighted by molar-refractivity contribution is 6.30. The van der Waals surface area contributed by atoms with E-state index in [-0.39, 0.29) is 34.2 Å². The third-order valence-electron chi connectivity index (χ3n) is 7.84. The number of anilines is 2. The topological polar surface area (TPSA) is 119 Å². The number of rotatable bonds is 4. The number of nitrogens with one attached hydrogen (secondary N) is 2. The third-order valence-corrected chi connectivity index (χ3v) is 8.13. The summed E-state index contributed by atoms with van der Waals surface area (Å²) in [6, 6.07) is 11.4. The van der Waals surface area contributed by atoms with Crippen LogP contribution in [0.2, 0.25) is 5.02 Å². The van der Waals surface area contributed by atoms with Gasteiger partial charge in [0.15, 0.2) is 5.82 Å². The number of methoxy groups -OCH3 is 2. The van der Waals surface area contributed by atoms with Crippen LogP contribution in [0.25, 0.3) is 11.3 Å². The number of hydrogen-bond donors (Lipinski definition) is 2. The number of fused-ring (bicyclic) bond motifs is 4. The molecule has 2 bridgehead atoms. The minimum Gasteiger partial charge on any atom is -0.496 e. The highest BCUT2D eigenvalue weighted by Gasteiger charge is 2.37. The lowest BCUT2D eigenvalue weighted by Crippen LogP contribution is -2.42. The quantitative estimate of drug-likeness (QED) is 0.323. The van der Waals surface area contributed by atoms with Crippen molar-refractivity contribution in [2.75, 3.05) is 31.4 Å². The zero-order valence-electron chi connectivity index (χ0n) is 24.0. The lowest BCUT2D eigenvalue weighted by molar-refractivity contribution is -0.119. The molecule has 12 heteroatoms. The van der Waals surface area contributed by atoms with Gasteiger partial charge in [0.2, 0.25) is 5.91 Å². The average molecular weight is 611 g/mol. The summed E-state index contributed by atoms with van der Waals surface area (Å²) in [4.78, 5) is 44.6. The summed E-state index contributed by atoms with van der Waals surface area (Å²) in [7, 11) is 2.69. The molecule has 0 saturated carbocycles. The number of cyclic esters (lactones) is 1. The molecule has 2 aliphatic heterocycles. The van der Waals surface area contributed by atoms with Gasteiger partial charge in [-0.1, -0.05) is 24.9 Å². The summed E-state index contributed by atoms with van der Waals surface area (Å²) in [5, 5.41) is 5.52. The summed E-state index contributed by atoms with van der Waals surface area (Å²) in [5.41, 5.74) is 3.09. The first-order chi connectivity index (χ1) is 20.7. The SMILES string of the molecule is COC(=O)Nc1ccc2c(c1)NC(=O)[C@H](C)CCC[C@H](N1CCC(c3c(OC)ccc(Cl)c3F)OC1=O)c1ccnc-2c1. The molecule has 0 radical (unpaired) electrons. The van der Waals surface area contributed by atoms with Crippen molar-refractivity contribution in [3.05, 3.63) is 70.6 Å². The van der Waals surface area contributed by atoms with Gasteiger partial charge in [-0.3, -0.25) is 15.1 Å². The molecule has 3 heterocycles. The van der Waals surface area contributed by atoms with Gasteiger partial charge in [-0.05, 0) is 60.9 Å². The van der Waals surface area contributed by atoms with Crippen LogP contribution in [0.4, 0.5) is 25.4 Å². The first-order valence-corrected chi connectivity index (χ1v) is 14.3. The molecule has 2 N–H and O–H groups in total. The largest absolute Gasteiger partial charge is 0.496 e. The summed E-state index contributed by atoms with van der Waals surface area (Å²) in [6.07, 6.45) is 1.70. The molecule has 2 aromatic carbocycles. The Morgan fingerprint density at radius 3 is 2.70 bits per heavy atom. The van der Waals surface area contributed by atoms with Crippen molar-refractivity contribution in [2.45, 2.75) is 44.8 Å². The Hall–Kier alpha value is -4.38. The van der Waals surface area contributed by atoms with E-state index in [0.29, 0.717) is 54.9 Å². The molecular formula is C31H32ClFN4O6. The Bertz CT molecular complexity index is 1550. The monoisotopic (exact) mass is 610 g/mol. The smallest absolute Gasteiger partial charge is 0.411 e. The molecular weight excluding hydrogens is 579 g/mol. The molecule has 10 nitrogen and oxygen atoms in total. The number of amides is 3. The van der Waals surface area contributed by atoms with Crippen molar-refractivity contribution in [2.24, 2.45) is 5.92 Å². The number of pyridine rings is 1. The molecule has 43 heavy (non-hydrogen) atoms. The zero-order chi connectivity index (χ0) is 30.7. The van der Waals surface area contributed by atoms with E-state index in [4.69, 9.17) is 25.8 Å². The number of carbonyl (C=O) groups excluding carboxylic acids is 3. The van der Waals surface area contributed by atoms with Crippen molar-refractivity contribution >= 4 is 41.1 Å². The number of carbonyl (C=O) groups is 3. The van der Waals surface area contributed by atoms with Gasteiger partial charge in [0.05, 0.1) is 42.2 Å². The van der Waals surface area contributed by atoms with Crippen LogP contribution in [0.3, 0.4) is 0 Å². The Labute approximate surface area is 253 Å². The Kier molecular flexibility index (Phi) is 9.00. The van der Waals surface area contributed by atoms with Crippen molar-refractivity contribution in [3.8, 4) is 17.0 Å². The van der Waals surface area contributed by atoms with Gasteiger partial charge in [-0.2, -0.15) is 0 Å².